The second-order valence-corrected chi connectivity index (χ2v) is 5.59. The SMILES string of the molecule is Cl.Nc1cn2nc(Cn3nnc4ccc(Br)cc43)ccc2n1. The first-order chi connectivity index (χ1) is 10.2. The van der Waals surface area contributed by atoms with E-state index in [0.29, 0.717) is 12.4 Å². The van der Waals surface area contributed by atoms with E-state index < -0.39 is 0 Å². The van der Waals surface area contributed by atoms with Crippen LogP contribution in [0.25, 0.3) is 16.7 Å². The third-order valence-electron chi connectivity index (χ3n) is 3.18. The Balaban J connectivity index is 0.00000144. The van der Waals surface area contributed by atoms with E-state index in [1.165, 1.54) is 0 Å². The first-order valence-corrected chi connectivity index (χ1v) is 7.08. The van der Waals surface area contributed by atoms with Crippen molar-refractivity contribution in [2.45, 2.75) is 6.54 Å². The molecule has 9 heteroatoms. The van der Waals surface area contributed by atoms with Crippen molar-refractivity contribution in [2.24, 2.45) is 0 Å². The number of hydrogen-bond donors (Lipinski definition) is 1. The van der Waals surface area contributed by atoms with Gasteiger partial charge in [0.1, 0.15) is 11.3 Å². The van der Waals surface area contributed by atoms with Crippen LogP contribution in [0.4, 0.5) is 5.82 Å². The van der Waals surface area contributed by atoms with Gasteiger partial charge in [0.2, 0.25) is 0 Å². The van der Waals surface area contributed by atoms with Crippen LogP contribution in [0.5, 0.6) is 0 Å². The summed E-state index contributed by atoms with van der Waals surface area (Å²) < 4.78 is 4.47. The molecule has 0 radical (unpaired) electrons. The van der Waals surface area contributed by atoms with E-state index in [4.69, 9.17) is 5.73 Å². The number of nitrogens with two attached hydrogens (primary N) is 1. The molecule has 1 aromatic carbocycles. The lowest BCUT2D eigenvalue weighted by Gasteiger charge is -2.02. The summed E-state index contributed by atoms with van der Waals surface area (Å²) in [6.45, 7) is 0.529. The first kappa shape index (κ1) is 14.7. The molecule has 0 spiro atoms. The fraction of sp³-hybridized carbons (Fsp3) is 0.0769. The van der Waals surface area contributed by atoms with Gasteiger partial charge >= 0.3 is 0 Å². The van der Waals surface area contributed by atoms with Crippen LogP contribution in [0.3, 0.4) is 0 Å². The molecule has 0 amide bonds. The van der Waals surface area contributed by atoms with Gasteiger partial charge in [-0.05, 0) is 30.3 Å². The lowest BCUT2D eigenvalue weighted by atomic mass is 10.3. The van der Waals surface area contributed by atoms with Crippen molar-refractivity contribution in [3.63, 3.8) is 0 Å². The second kappa shape index (κ2) is 5.54. The third kappa shape index (κ3) is 2.51. The van der Waals surface area contributed by atoms with Crippen LogP contribution in [0.1, 0.15) is 5.69 Å². The average Bonchev–Trinajstić information content (AvgIpc) is 3.01. The molecule has 4 aromatic rings. The number of rotatable bonds is 2. The van der Waals surface area contributed by atoms with Crippen molar-refractivity contribution in [3.8, 4) is 0 Å². The van der Waals surface area contributed by atoms with E-state index in [1.807, 2.05) is 35.0 Å². The molecule has 0 saturated heterocycles. The maximum atomic E-state index is 5.66. The Kier molecular flexibility index (Phi) is 3.71. The minimum Gasteiger partial charge on any atom is -0.382 e. The van der Waals surface area contributed by atoms with Gasteiger partial charge in [0.05, 0.1) is 24.0 Å². The summed E-state index contributed by atoms with van der Waals surface area (Å²) in [5.41, 5.74) is 9.05. The fourth-order valence-electron chi connectivity index (χ4n) is 2.23. The van der Waals surface area contributed by atoms with Crippen LogP contribution < -0.4 is 5.73 Å². The molecular weight excluding hydrogens is 370 g/mol. The highest BCUT2D eigenvalue weighted by Gasteiger charge is 2.07. The van der Waals surface area contributed by atoms with Gasteiger partial charge in [0, 0.05) is 4.47 Å². The maximum Gasteiger partial charge on any atom is 0.155 e. The summed E-state index contributed by atoms with van der Waals surface area (Å²) in [6, 6.07) is 9.65. The standard InChI is InChI=1S/C13H10BrN7.ClH/c14-8-1-3-10-11(5-8)20(19-17-10)6-9-2-4-13-16-12(15)7-21(13)18-9;/h1-5,7H,6,15H2;1H. The van der Waals surface area contributed by atoms with Crippen LogP contribution in [-0.2, 0) is 6.54 Å². The maximum absolute atomic E-state index is 5.66. The Morgan fingerprint density at radius 3 is 2.91 bits per heavy atom. The van der Waals surface area contributed by atoms with Gasteiger partial charge in [0.15, 0.2) is 5.65 Å². The highest BCUT2D eigenvalue weighted by Crippen LogP contribution is 2.18. The minimum atomic E-state index is 0. The normalized spacial score (nSPS) is 11.0. The molecule has 0 saturated carbocycles. The van der Waals surface area contributed by atoms with Gasteiger partial charge in [-0.15, -0.1) is 17.5 Å². The van der Waals surface area contributed by atoms with Crippen molar-refractivity contribution in [2.75, 3.05) is 5.73 Å². The Labute approximate surface area is 139 Å². The van der Waals surface area contributed by atoms with E-state index in [-0.39, 0.29) is 12.4 Å². The highest BCUT2D eigenvalue weighted by atomic mass is 79.9. The Bertz CT molecular complexity index is 962. The number of aromatic nitrogens is 6. The van der Waals surface area contributed by atoms with E-state index in [2.05, 4.69) is 36.3 Å². The molecule has 3 aromatic heterocycles. The molecule has 7 nitrogen and oxygen atoms in total. The second-order valence-electron chi connectivity index (χ2n) is 4.67. The van der Waals surface area contributed by atoms with Gasteiger partial charge in [-0.3, -0.25) is 0 Å². The highest BCUT2D eigenvalue weighted by molar-refractivity contribution is 9.10. The Morgan fingerprint density at radius 1 is 1.18 bits per heavy atom. The van der Waals surface area contributed by atoms with Crippen LogP contribution in [0, 0.1) is 0 Å². The smallest absolute Gasteiger partial charge is 0.155 e. The number of halogens is 2. The molecule has 0 aliphatic carbocycles. The van der Waals surface area contributed by atoms with Gasteiger partial charge < -0.3 is 5.73 Å². The van der Waals surface area contributed by atoms with Crippen molar-refractivity contribution in [1.29, 1.82) is 0 Å². The van der Waals surface area contributed by atoms with Crippen LogP contribution in [0.15, 0.2) is 41.0 Å². The third-order valence-corrected chi connectivity index (χ3v) is 3.67. The molecule has 0 atom stereocenters. The predicted molar refractivity (Wildman–Crippen MR) is 89.0 cm³/mol. The Morgan fingerprint density at radius 2 is 2.05 bits per heavy atom. The van der Waals surface area contributed by atoms with Crippen LogP contribution in [0.2, 0.25) is 0 Å². The number of benzene rings is 1. The summed E-state index contributed by atoms with van der Waals surface area (Å²) in [4.78, 5) is 4.15. The van der Waals surface area contributed by atoms with Crippen LogP contribution >= 0.6 is 28.3 Å². The minimum absolute atomic E-state index is 0. The number of nitrogens with zero attached hydrogens (tertiary/aromatic N) is 6. The van der Waals surface area contributed by atoms with Crippen molar-refractivity contribution in [3.05, 3.63) is 46.7 Å². The van der Waals surface area contributed by atoms with Gasteiger partial charge in [-0.1, -0.05) is 21.1 Å². The summed E-state index contributed by atoms with van der Waals surface area (Å²) in [6.07, 6.45) is 1.69. The monoisotopic (exact) mass is 379 g/mol. The van der Waals surface area contributed by atoms with Gasteiger partial charge in [-0.2, -0.15) is 5.10 Å². The van der Waals surface area contributed by atoms with Crippen LogP contribution in [-0.4, -0.2) is 29.6 Å². The molecule has 0 aliphatic rings. The molecule has 0 fully saturated rings. The fourth-order valence-corrected chi connectivity index (χ4v) is 2.58. The molecule has 0 unspecified atom stereocenters. The zero-order chi connectivity index (χ0) is 14.4. The molecular formula is C13H11BrClN7. The lowest BCUT2D eigenvalue weighted by Crippen LogP contribution is -2.06. The van der Waals surface area contributed by atoms with Crippen molar-refractivity contribution in [1.82, 2.24) is 29.6 Å². The number of imidazole rings is 1. The van der Waals surface area contributed by atoms with Crippen molar-refractivity contribution < 1.29 is 0 Å². The zero-order valence-corrected chi connectivity index (χ0v) is 13.6. The summed E-state index contributed by atoms with van der Waals surface area (Å²) in [5.74, 6) is 0.454. The number of hydrogen-bond acceptors (Lipinski definition) is 5. The average molecular weight is 381 g/mol. The number of fused-ring (bicyclic) bond motifs is 2. The first-order valence-electron chi connectivity index (χ1n) is 6.28. The number of anilines is 1. The molecule has 112 valence electrons. The summed E-state index contributed by atoms with van der Waals surface area (Å²) in [7, 11) is 0. The number of nitrogen functional groups attached to an aromatic ring is 1. The van der Waals surface area contributed by atoms with E-state index in [9.17, 15) is 0 Å². The summed E-state index contributed by atoms with van der Waals surface area (Å²) >= 11 is 3.46. The van der Waals surface area contributed by atoms with Gasteiger partial charge in [-0.25, -0.2) is 14.2 Å². The molecule has 3 heterocycles. The van der Waals surface area contributed by atoms with Gasteiger partial charge in [0.25, 0.3) is 0 Å². The summed E-state index contributed by atoms with van der Waals surface area (Å²) in [5, 5.41) is 12.8. The molecule has 4 rings (SSSR count). The predicted octanol–water partition coefficient (Wildman–Crippen LogP) is 2.29. The molecule has 2 N–H and O–H groups in total. The van der Waals surface area contributed by atoms with E-state index in [1.54, 1.807) is 10.7 Å². The van der Waals surface area contributed by atoms with E-state index in [0.717, 1.165) is 26.8 Å². The van der Waals surface area contributed by atoms with Crippen molar-refractivity contribution >= 4 is 50.8 Å². The largest absolute Gasteiger partial charge is 0.382 e. The topological polar surface area (TPSA) is 86.9 Å². The molecule has 0 bridgehead atoms. The zero-order valence-electron chi connectivity index (χ0n) is 11.2. The molecule has 0 aliphatic heterocycles. The lowest BCUT2D eigenvalue weighted by molar-refractivity contribution is 0.646. The van der Waals surface area contributed by atoms with E-state index >= 15 is 0 Å². The molecule has 22 heavy (non-hydrogen) atoms. The quantitative estimate of drug-likeness (QED) is 0.576. The Hall–Kier alpha value is -2.19.